The SMILES string of the molecule is Cl.O=S(=O)(N1CCC2(CCCCC2)CC1)N1CCNCC1c1cccnc1. The zero-order valence-corrected chi connectivity index (χ0v) is 17.5. The number of nitrogens with one attached hydrogen (secondary N) is 1. The summed E-state index contributed by atoms with van der Waals surface area (Å²) in [5, 5.41) is 3.33. The fourth-order valence-electron chi connectivity index (χ4n) is 4.96. The Morgan fingerprint density at radius 3 is 2.48 bits per heavy atom. The molecule has 0 amide bonds. The van der Waals surface area contributed by atoms with Gasteiger partial charge in [0.2, 0.25) is 0 Å². The van der Waals surface area contributed by atoms with E-state index in [9.17, 15) is 8.42 Å². The number of hydrogen-bond acceptors (Lipinski definition) is 4. The van der Waals surface area contributed by atoms with Crippen LogP contribution >= 0.6 is 12.4 Å². The Morgan fingerprint density at radius 2 is 1.81 bits per heavy atom. The highest BCUT2D eigenvalue weighted by Gasteiger charge is 2.42. The Morgan fingerprint density at radius 1 is 1.07 bits per heavy atom. The summed E-state index contributed by atoms with van der Waals surface area (Å²) in [5.74, 6) is 0. The predicted octanol–water partition coefficient (Wildman–Crippen LogP) is 2.74. The van der Waals surface area contributed by atoms with Gasteiger partial charge in [-0.2, -0.15) is 17.0 Å². The van der Waals surface area contributed by atoms with Crippen molar-refractivity contribution < 1.29 is 8.42 Å². The summed E-state index contributed by atoms with van der Waals surface area (Å²) in [4.78, 5) is 4.18. The maximum Gasteiger partial charge on any atom is 0.282 e. The lowest BCUT2D eigenvalue weighted by Crippen LogP contribution is -2.55. The summed E-state index contributed by atoms with van der Waals surface area (Å²) in [6.07, 6.45) is 12.1. The van der Waals surface area contributed by atoms with E-state index >= 15 is 0 Å². The van der Waals surface area contributed by atoms with E-state index in [1.807, 2.05) is 12.1 Å². The van der Waals surface area contributed by atoms with Gasteiger partial charge in [-0.25, -0.2) is 0 Å². The van der Waals surface area contributed by atoms with E-state index in [-0.39, 0.29) is 18.4 Å². The van der Waals surface area contributed by atoms with Crippen molar-refractivity contribution in [3.8, 4) is 0 Å². The first-order chi connectivity index (χ1) is 12.6. The lowest BCUT2D eigenvalue weighted by molar-refractivity contribution is 0.0973. The molecule has 4 rings (SSSR count). The van der Waals surface area contributed by atoms with Crippen molar-refractivity contribution in [3.05, 3.63) is 30.1 Å². The third-order valence-corrected chi connectivity index (χ3v) is 8.63. The quantitative estimate of drug-likeness (QED) is 0.825. The monoisotopic (exact) mass is 414 g/mol. The standard InChI is InChI=1S/C19H30N4O2S.ClH/c24-26(25,22-12-8-19(9-13-22)6-2-1-3-7-19)23-14-11-21-16-18(23)17-5-4-10-20-15-17;/h4-5,10,15,18,21H,1-3,6-9,11-14,16H2;1H. The summed E-state index contributed by atoms with van der Waals surface area (Å²) in [6, 6.07) is 3.68. The van der Waals surface area contributed by atoms with Crippen molar-refractivity contribution in [1.29, 1.82) is 0 Å². The Bertz CT molecular complexity index is 700. The fourth-order valence-corrected chi connectivity index (χ4v) is 6.74. The van der Waals surface area contributed by atoms with Gasteiger partial charge in [0.15, 0.2) is 0 Å². The first-order valence-corrected chi connectivity index (χ1v) is 11.4. The molecule has 2 saturated heterocycles. The van der Waals surface area contributed by atoms with Crippen LogP contribution < -0.4 is 5.32 Å². The van der Waals surface area contributed by atoms with Gasteiger partial charge < -0.3 is 5.32 Å². The van der Waals surface area contributed by atoms with Crippen molar-refractivity contribution in [2.75, 3.05) is 32.7 Å². The van der Waals surface area contributed by atoms with Crippen LogP contribution in [0.5, 0.6) is 0 Å². The van der Waals surface area contributed by atoms with Crippen LogP contribution in [0.3, 0.4) is 0 Å². The molecule has 8 heteroatoms. The second kappa shape index (κ2) is 8.74. The van der Waals surface area contributed by atoms with Crippen LogP contribution in [-0.4, -0.2) is 54.7 Å². The van der Waals surface area contributed by atoms with Crippen LogP contribution in [0.2, 0.25) is 0 Å². The molecule has 27 heavy (non-hydrogen) atoms. The molecular formula is C19H31ClN4O2S. The number of hydrogen-bond donors (Lipinski definition) is 1. The molecule has 2 aliphatic heterocycles. The molecule has 152 valence electrons. The third-order valence-electron chi connectivity index (χ3n) is 6.58. The molecule has 0 bridgehead atoms. The molecular weight excluding hydrogens is 384 g/mol. The van der Waals surface area contributed by atoms with E-state index in [2.05, 4.69) is 10.3 Å². The van der Waals surface area contributed by atoms with Gasteiger partial charge in [0, 0.05) is 45.1 Å². The number of nitrogens with zero attached hydrogens (tertiary/aromatic N) is 3. The number of piperazine rings is 1. The van der Waals surface area contributed by atoms with Crippen LogP contribution in [-0.2, 0) is 10.2 Å². The molecule has 1 N–H and O–H groups in total. The minimum Gasteiger partial charge on any atom is -0.313 e. The lowest BCUT2D eigenvalue weighted by atomic mass is 9.68. The number of halogens is 1. The normalized spacial score (nSPS) is 27.2. The molecule has 1 spiro atoms. The summed E-state index contributed by atoms with van der Waals surface area (Å²) in [5.41, 5.74) is 1.38. The van der Waals surface area contributed by atoms with Gasteiger partial charge in [0.05, 0.1) is 6.04 Å². The van der Waals surface area contributed by atoms with E-state index in [0.717, 1.165) is 18.4 Å². The number of piperidine rings is 1. The van der Waals surface area contributed by atoms with Crippen LogP contribution in [0.15, 0.2) is 24.5 Å². The van der Waals surface area contributed by atoms with Gasteiger partial charge in [-0.15, -0.1) is 12.4 Å². The molecule has 0 radical (unpaired) electrons. The fraction of sp³-hybridized carbons (Fsp3) is 0.737. The highest BCUT2D eigenvalue weighted by Crippen LogP contribution is 2.45. The van der Waals surface area contributed by atoms with E-state index in [1.54, 1.807) is 21.0 Å². The Labute approximate surface area is 169 Å². The molecule has 6 nitrogen and oxygen atoms in total. The lowest BCUT2D eigenvalue weighted by Gasteiger charge is -2.46. The molecule has 1 saturated carbocycles. The Kier molecular flexibility index (Phi) is 6.79. The van der Waals surface area contributed by atoms with E-state index in [1.165, 1.54) is 32.1 Å². The predicted molar refractivity (Wildman–Crippen MR) is 109 cm³/mol. The Hall–Kier alpha value is -0.730. The highest BCUT2D eigenvalue weighted by molar-refractivity contribution is 7.86. The average molecular weight is 415 g/mol. The molecule has 3 fully saturated rings. The van der Waals surface area contributed by atoms with Gasteiger partial charge in [-0.3, -0.25) is 4.98 Å². The summed E-state index contributed by atoms with van der Waals surface area (Å²) in [6.45, 7) is 3.21. The van der Waals surface area contributed by atoms with E-state index in [4.69, 9.17) is 0 Å². The minimum absolute atomic E-state index is 0. The molecule has 1 aromatic heterocycles. The van der Waals surface area contributed by atoms with Crippen LogP contribution in [0.25, 0.3) is 0 Å². The van der Waals surface area contributed by atoms with Crippen molar-refractivity contribution in [2.45, 2.75) is 51.0 Å². The average Bonchev–Trinajstić information content (AvgIpc) is 2.70. The van der Waals surface area contributed by atoms with Crippen LogP contribution in [0.1, 0.15) is 56.6 Å². The molecule has 1 aromatic rings. The van der Waals surface area contributed by atoms with Crippen molar-refractivity contribution in [2.24, 2.45) is 5.41 Å². The smallest absolute Gasteiger partial charge is 0.282 e. The van der Waals surface area contributed by atoms with Crippen molar-refractivity contribution >= 4 is 22.6 Å². The van der Waals surface area contributed by atoms with E-state index < -0.39 is 10.2 Å². The number of rotatable bonds is 3. The first kappa shape index (κ1) is 21.0. The zero-order valence-electron chi connectivity index (χ0n) is 15.8. The minimum atomic E-state index is -3.44. The highest BCUT2D eigenvalue weighted by atomic mass is 35.5. The molecule has 0 aromatic carbocycles. The second-order valence-corrected chi connectivity index (χ2v) is 9.97. The van der Waals surface area contributed by atoms with Gasteiger partial charge in [-0.1, -0.05) is 25.3 Å². The van der Waals surface area contributed by atoms with Gasteiger partial charge in [0.25, 0.3) is 10.2 Å². The third kappa shape index (κ3) is 4.32. The van der Waals surface area contributed by atoms with Gasteiger partial charge in [0.1, 0.15) is 0 Å². The van der Waals surface area contributed by atoms with Crippen molar-refractivity contribution in [3.63, 3.8) is 0 Å². The number of aromatic nitrogens is 1. The van der Waals surface area contributed by atoms with E-state index in [0.29, 0.717) is 38.1 Å². The summed E-state index contributed by atoms with van der Waals surface area (Å²) < 4.78 is 30.2. The van der Waals surface area contributed by atoms with Gasteiger partial charge >= 0.3 is 0 Å². The molecule has 1 unspecified atom stereocenters. The first-order valence-electron chi connectivity index (χ1n) is 9.98. The molecule has 3 aliphatic rings. The number of pyridine rings is 1. The second-order valence-electron chi connectivity index (χ2n) is 8.08. The Balaban J connectivity index is 0.00000210. The molecule has 1 aliphatic carbocycles. The largest absolute Gasteiger partial charge is 0.313 e. The topological polar surface area (TPSA) is 65.5 Å². The summed E-state index contributed by atoms with van der Waals surface area (Å²) >= 11 is 0. The van der Waals surface area contributed by atoms with Gasteiger partial charge in [-0.05, 0) is 42.7 Å². The van der Waals surface area contributed by atoms with Crippen LogP contribution in [0.4, 0.5) is 0 Å². The van der Waals surface area contributed by atoms with Crippen LogP contribution in [0, 0.1) is 5.41 Å². The molecule has 3 heterocycles. The zero-order chi connectivity index (χ0) is 18.0. The molecule has 1 atom stereocenters. The maximum absolute atomic E-state index is 13.4. The summed E-state index contributed by atoms with van der Waals surface area (Å²) in [7, 11) is -3.44. The van der Waals surface area contributed by atoms with Crippen molar-refractivity contribution in [1.82, 2.24) is 18.9 Å². The maximum atomic E-state index is 13.4.